The maximum atomic E-state index is 11.7. The number of nitrogens with two attached hydrogens (primary N) is 1. The minimum absolute atomic E-state index is 0.130. The lowest BCUT2D eigenvalue weighted by molar-refractivity contribution is 0.567. The molecule has 2 rings (SSSR count). The first-order chi connectivity index (χ1) is 6.52. The smallest absolute Gasteiger partial charge is 0.178 e. The van der Waals surface area contributed by atoms with Gasteiger partial charge in [0.15, 0.2) is 9.84 Å². The minimum atomic E-state index is -3.08. The van der Waals surface area contributed by atoms with Crippen molar-refractivity contribution >= 4 is 9.84 Å². The average Bonchev–Trinajstić information content (AvgIpc) is 2.12. The number of hydrogen-bond donors (Lipinski definition) is 1. The fourth-order valence-corrected chi connectivity index (χ4v) is 3.65. The molecule has 0 aromatic heterocycles. The van der Waals surface area contributed by atoms with Gasteiger partial charge in [0.25, 0.3) is 0 Å². The highest BCUT2D eigenvalue weighted by Crippen LogP contribution is 2.32. The molecule has 0 radical (unpaired) electrons. The lowest BCUT2D eigenvalue weighted by Gasteiger charge is -2.23. The molecule has 0 amide bonds. The Hall–Kier alpha value is -0.870. The first-order valence-corrected chi connectivity index (χ1v) is 6.25. The third-order valence-electron chi connectivity index (χ3n) is 2.69. The van der Waals surface area contributed by atoms with E-state index in [4.69, 9.17) is 5.73 Å². The van der Waals surface area contributed by atoms with Gasteiger partial charge in [0.05, 0.1) is 10.6 Å². The van der Waals surface area contributed by atoms with E-state index in [9.17, 15) is 8.42 Å². The van der Waals surface area contributed by atoms with E-state index >= 15 is 0 Å². The molecule has 1 aromatic carbocycles. The number of rotatable bonds is 0. The second-order valence-corrected chi connectivity index (χ2v) is 5.78. The molecule has 0 saturated heterocycles. The van der Waals surface area contributed by atoms with E-state index in [2.05, 4.69) is 0 Å². The summed E-state index contributed by atoms with van der Waals surface area (Å²) in [6.45, 7) is 1.90. The van der Waals surface area contributed by atoms with Crippen LogP contribution in [-0.2, 0) is 9.84 Å². The highest BCUT2D eigenvalue weighted by atomic mass is 32.2. The van der Waals surface area contributed by atoms with Gasteiger partial charge in [-0.05, 0) is 30.5 Å². The van der Waals surface area contributed by atoms with Crippen molar-refractivity contribution in [1.82, 2.24) is 0 Å². The first-order valence-electron chi connectivity index (χ1n) is 4.60. The summed E-state index contributed by atoms with van der Waals surface area (Å²) in [6.07, 6.45) is 0.528. The maximum absolute atomic E-state index is 11.7. The molecule has 0 saturated carbocycles. The van der Waals surface area contributed by atoms with Gasteiger partial charge < -0.3 is 5.73 Å². The quantitative estimate of drug-likeness (QED) is 0.700. The van der Waals surface area contributed by atoms with Crippen LogP contribution in [0.5, 0.6) is 0 Å². The molecule has 1 unspecified atom stereocenters. The van der Waals surface area contributed by atoms with Gasteiger partial charge in [0.1, 0.15) is 0 Å². The van der Waals surface area contributed by atoms with Gasteiger partial charge in [0, 0.05) is 6.04 Å². The summed E-state index contributed by atoms with van der Waals surface area (Å²) in [7, 11) is -3.08. The molecule has 2 N–H and O–H groups in total. The Balaban J connectivity index is 2.75. The zero-order valence-electron chi connectivity index (χ0n) is 8.03. The Bertz CT molecular complexity index is 465. The lowest BCUT2D eigenvalue weighted by Crippen LogP contribution is -2.25. The van der Waals surface area contributed by atoms with Gasteiger partial charge in [0.2, 0.25) is 0 Å². The van der Waals surface area contributed by atoms with Crippen LogP contribution in [0.15, 0.2) is 23.1 Å². The van der Waals surface area contributed by atoms with E-state index in [0.29, 0.717) is 11.3 Å². The Labute approximate surface area is 83.9 Å². The zero-order chi connectivity index (χ0) is 10.3. The summed E-state index contributed by atoms with van der Waals surface area (Å²) in [5.41, 5.74) is 7.68. The first kappa shape index (κ1) is 9.68. The summed E-state index contributed by atoms with van der Waals surface area (Å²) in [6, 6.07) is 5.19. The summed E-state index contributed by atoms with van der Waals surface area (Å²) >= 11 is 0. The molecule has 3 nitrogen and oxygen atoms in total. The highest BCUT2D eigenvalue weighted by molar-refractivity contribution is 7.91. The molecule has 0 bridgehead atoms. The molecule has 1 heterocycles. The molecule has 1 aliphatic heterocycles. The lowest BCUT2D eigenvalue weighted by atomic mass is 10.00. The van der Waals surface area contributed by atoms with Crippen LogP contribution >= 0.6 is 0 Å². The van der Waals surface area contributed by atoms with Crippen molar-refractivity contribution < 1.29 is 8.42 Å². The second kappa shape index (κ2) is 3.07. The molecule has 0 fully saturated rings. The summed E-state index contributed by atoms with van der Waals surface area (Å²) < 4.78 is 23.4. The standard InChI is InChI=1S/C10H13NO2S/c1-7-3-2-4-9-10(7)8(11)5-6-14(9,12)13/h2-4,8H,5-6,11H2,1H3. The molecular weight excluding hydrogens is 198 g/mol. The second-order valence-electron chi connectivity index (χ2n) is 3.70. The van der Waals surface area contributed by atoms with Gasteiger partial charge in [-0.2, -0.15) is 0 Å². The Morgan fingerprint density at radius 2 is 2.14 bits per heavy atom. The van der Waals surface area contributed by atoms with Crippen LogP contribution in [0.4, 0.5) is 0 Å². The molecule has 4 heteroatoms. The summed E-state index contributed by atoms with van der Waals surface area (Å²) in [5.74, 6) is 0.171. The van der Waals surface area contributed by atoms with Gasteiger partial charge in [-0.1, -0.05) is 12.1 Å². The van der Waals surface area contributed by atoms with Crippen LogP contribution in [0.3, 0.4) is 0 Å². The maximum Gasteiger partial charge on any atom is 0.178 e. The monoisotopic (exact) mass is 211 g/mol. The predicted molar refractivity (Wildman–Crippen MR) is 54.8 cm³/mol. The zero-order valence-corrected chi connectivity index (χ0v) is 8.84. The van der Waals surface area contributed by atoms with Crippen molar-refractivity contribution in [2.24, 2.45) is 5.73 Å². The predicted octanol–water partition coefficient (Wildman–Crippen LogP) is 1.17. The van der Waals surface area contributed by atoms with Crippen molar-refractivity contribution in [3.8, 4) is 0 Å². The van der Waals surface area contributed by atoms with Crippen molar-refractivity contribution in [2.45, 2.75) is 24.3 Å². The largest absolute Gasteiger partial charge is 0.324 e. The van der Waals surface area contributed by atoms with Gasteiger partial charge >= 0.3 is 0 Å². The number of hydrogen-bond acceptors (Lipinski definition) is 3. The number of benzene rings is 1. The fraction of sp³-hybridized carbons (Fsp3) is 0.400. The highest BCUT2D eigenvalue weighted by Gasteiger charge is 2.28. The van der Waals surface area contributed by atoms with Crippen molar-refractivity contribution in [3.05, 3.63) is 29.3 Å². The molecule has 14 heavy (non-hydrogen) atoms. The van der Waals surface area contributed by atoms with E-state index < -0.39 is 9.84 Å². The average molecular weight is 211 g/mol. The number of fused-ring (bicyclic) bond motifs is 1. The molecule has 1 aromatic rings. The normalized spacial score (nSPS) is 24.3. The van der Waals surface area contributed by atoms with Crippen LogP contribution in [0.25, 0.3) is 0 Å². The molecule has 1 atom stereocenters. The topological polar surface area (TPSA) is 60.2 Å². The Kier molecular flexibility index (Phi) is 2.12. The van der Waals surface area contributed by atoms with Crippen LogP contribution in [0.2, 0.25) is 0 Å². The fourth-order valence-electron chi connectivity index (χ4n) is 1.94. The number of aryl methyl sites for hydroxylation is 1. The SMILES string of the molecule is Cc1cccc2c1C(N)CCS2(=O)=O. The molecule has 1 aliphatic rings. The molecule has 0 aliphatic carbocycles. The Morgan fingerprint density at radius 1 is 1.43 bits per heavy atom. The van der Waals surface area contributed by atoms with E-state index in [1.165, 1.54) is 0 Å². The van der Waals surface area contributed by atoms with E-state index in [1.807, 2.05) is 13.0 Å². The van der Waals surface area contributed by atoms with Gasteiger partial charge in [-0.25, -0.2) is 8.42 Å². The summed E-state index contributed by atoms with van der Waals surface area (Å²) in [5, 5.41) is 0. The van der Waals surface area contributed by atoms with Gasteiger partial charge in [-0.3, -0.25) is 0 Å². The van der Waals surface area contributed by atoms with Gasteiger partial charge in [-0.15, -0.1) is 0 Å². The molecule has 0 spiro atoms. The van der Waals surface area contributed by atoms with Crippen molar-refractivity contribution in [1.29, 1.82) is 0 Å². The molecule has 76 valence electrons. The van der Waals surface area contributed by atoms with Crippen molar-refractivity contribution in [3.63, 3.8) is 0 Å². The number of sulfone groups is 1. The third-order valence-corrected chi connectivity index (χ3v) is 4.49. The Morgan fingerprint density at radius 3 is 2.79 bits per heavy atom. The van der Waals surface area contributed by atoms with Crippen LogP contribution in [-0.4, -0.2) is 14.2 Å². The summed E-state index contributed by atoms with van der Waals surface area (Å²) in [4.78, 5) is 0.427. The van der Waals surface area contributed by atoms with E-state index in [1.54, 1.807) is 12.1 Å². The third kappa shape index (κ3) is 1.35. The van der Waals surface area contributed by atoms with Crippen LogP contribution < -0.4 is 5.73 Å². The van der Waals surface area contributed by atoms with Crippen LogP contribution in [0.1, 0.15) is 23.6 Å². The van der Waals surface area contributed by atoms with E-state index in [-0.39, 0.29) is 11.8 Å². The van der Waals surface area contributed by atoms with E-state index in [0.717, 1.165) is 11.1 Å². The molecular formula is C10H13NO2S. The van der Waals surface area contributed by atoms with Crippen molar-refractivity contribution in [2.75, 3.05) is 5.75 Å². The van der Waals surface area contributed by atoms with Crippen LogP contribution in [0, 0.1) is 6.92 Å². The minimum Gasteiger partial charge on any atom is -0.324 e.